The number of rotatable bonds is 3. The maximum absolute atomic E-state index is 12.5. The molecular formula is C20H15BrN2O2S. The van der Waals surface area contributed by atoms with Crippen molar-refractivity contribution < 1.29 is 9.59 Å². The van der Waals surface area contributed by atoms with E-state index in [1.807, 2.05) is 42.5 Å². The lowest BCUT2D eigenvalue weighted by atomic mass is 9.85. The fourth-order valence-electron chi connectivity index (χ4n) is 3.11. The largest absolute Gasteiger partial charge is 0.298 e. The molecule has 1 atom stereocenters. The van der Waals surface area contributed by atoms with E-state index in [1.54, 1.807) is 12.1 Å². The minimum Gasteiger partial charge on any atom is -0.298 e. The molecule has 0 radical (unpaired) electrons. The summed E-state index contributed by atoms with van der Waals surface area (Å²) in [5.41, 5.74) is 2.49. The van der Waals surface area contributed by atoms with Gasteiger partial charge in [0.15, 0.2) is 10.9 Å². The fraction of sp³-hybridized carbons (Fsp3) is 0.150. The molecule has 1 aliphatic rings. The first-order valence-electron chi connectivity index (χ1n) is 8.25. The van der Waals surface area contributed by atoms with Crippen LogP contribution in [0.3, 0.4) is 0 Å². The van der Waals surface area contributed by atoms with Crippen LogP contribution in [0, 0.1) is 0 Å². The van der Waals surface area contributed by atoms with E-state index in [2.05, 4.69) is 26.2 Å². The zero-order valence-corrected chi connectivity index (χ0v) is 16.1. The Balaban J connectivity index is 1.54. The number of aromatic nitrogens is 1. The molecule has 4 nitrogen and oxygen atoms in total. The molecule has 1 amide bonds. The predicted octanol–water partition coefficient (Wildman–Crippen LogP) is 5.07. The van der Waals surface area contributed by atoms with Gasteiger partial charge in [-0.25, -0.2) is 4.98 Å². The summed E-state index contributed by atoms with van der Waals surface area (Å²) in [6, 6.07) is 17.1. The van der Waals surface area contributed by atoms with Crippen LogP contribution >= 0.6 is 27.3 Å². The number of amides is 1. The van der Waals surface area contributed by atoms with Crippen molar-refractivity contribution in [3.05, 3.63) is 80.8 Å². The van der Waals surface area contributed by atoms with Gasteiger partial charge in [0, 0.05) is 16.5 Å². The molecule has 1 unspecified atom stereocenters. The smallest absolute Gasteiger partial charge is 0.257 e. The Bertz CT molecular complexity index is 967. The second-order valence-electron chi connectivity index (χ2n) is 6.19. The zero-order chi connectivity index (χ0) is 18.1. The Kier molecular flexibility index (Phi) is 4.70. The number of carbonyl (C=O) groups is 2. The molecule has 0 saturated carbocycles. The molecule has 130 valence electrons. The summed E-state index contributed by atoms with van der Waals surface area (Å²) in [7, 11) is 0. The summed E-state index contributed by atoms with van der Waals surface area (Å²) < 4.78 is 0.913. The molecule has 1 N–H and O–H groups in total. The van der Waals surface area contributed by atoms with Crippen molar-refractivity contribution in [1.82, 2.24) is 4.98 Å². The number of benzene rings is 2. The van der Waals surface area contributed by atoms with E-state index < -0.39 is 0 Å². The number of Topliss-reactive ketones (excluding diaryl/α,β-unsaturated/α-hetero) is 1. The monoisotopic (exact) mass is 426 g/mol. The minimum absolute atomic E-state index is 0.0988. The SMILES string of the molecule is O=C(Nc1nc2c(s1)C(=O)CC(c1ccccc1)C2)c1ccc(Br)cc1. The normalized spacial score (nSPS) is 16.2. The molecule has 0 aliphatic heterocycles. The number of fused-ring (bicyclic) bond motifs is 1. The van der Waals surface area contributed by atoms with E-state index in [4.69, 9.17) is 0 Å². The Labute approximate surface area is 163 Å². The third kappa shape index (κ3) is 3.48. The van der Waals surface area contributed by atoms with E-state index in [0.717, 1.165) is 22.2 Å². The minimum atomic E-state index is -0.226. The maximum Gasteiger partial charge on any atom is 0.257 e. The van der Waals surface area contributed by atoms with Crippen LogP contribution in [0.2, 0.25) is 0 Å². The number of hydrogen-bond donors (Lipinski definition) is 1. The average molecular weight is 427 g/mol. The number of thiazole rings is 1. The number of hydrogen-bond acceptors (Lipinski definition) is 4. The number of nitrogens with zero attached hydrogens (tertiary/aromatic N) is 1. The molecular weight excluding hydrogens is 412 g/mol. The zero-order valence-electron chi connectivity index (χ0n) is 13.7. The first kappa shape index (κ1) is 17.1. The van der Waals surface area contributed by atoms with Crippen molar-refractivity contribution in [2.45, 2.75) is 18.8 Å². The summed E-state index contributed by atoms with van der Waals surface area (Å²) in [6.45, 7) is 0. The first-order valence-corrected chi connectivity index (χ1v) is 9.86. The molecule has 0 fully saturated rings. The van der Waals surface area contributed by atoms with Gasteiger partial charge in [-0.05, 0) is 42.2 Å². The van der Waals surface area contributed by atoms with Gasteiger partial charge in [-0.1, -0.05) is 57.6 Å². The summed E-state index contributed by atoms with van der Waals surface area (Å²) in [5, 5.41) is 3.29. The quantitative estimate of drug-likeness (QED) is 0.635. The Morgan fingerprint density at radius 2 is 1.81 bits per heavy atom. The molecule has 0 bridgehead atoms. The molecule has 1 heterocycles. The molecule has 1 aliphatic carbocycles. The lowest BCUT2D eigenvalue weighted by Gasteiger charge is -2.20. The van der Waals surface area contributed by atoms with Gasteiger partial charge in [-0.3, -0.25) is 14.9 Å². The standard InChI is InChI=1S/C20H15BrN2O2S/c21-15-8-6-13(7-9-15)19(25)23-20-22-16-10-14(11-17(24)18(16)26-20)12-4-2-1-3-5-12/h1-9,14H,10-11H2,(H,22,23,25). The van der Waals surface area contributed by atoms with Crippen LogP contribution in [0.15, 0.2) is 59.1 Å². The molecule has 4 rings (SSSR count). The van der Waals surface area contributed by atoms with Crippen LogP contribution in [-0.2, 0) is 6.42 Å². The van der Waals surface area contributed by atoms with Crippen LogP contribution in [0.5, 0.6) is 0 Å². The van der Waals surface area contributed by atoms with Crippen LogP contribution in [-0.4, -0.2) is 16.7 Å². The maximum atomic E-state index is 12.5. The van der Waals surface area contributed by atoms with Crippen LogP contribution in [0.4, 0.5) is 5.13 Å². The second kappa shape index (κ2) is 7.13. The number of ketones is 1. The third-order valence-corrected chi connectivity index (χ3v) is 6.00. The highest BCUT2D eigenvalue weighted by atomic mass is 79.9. The Morgan fingerprint density at radius 1 is 1.08 bits per heavy atom. The highest BCUT2D eigenvalue weighted by molar-refractivity contribution is 9.10. The van der Waals surface area contributed by atoms with E-state index in [9.17, 15) is 9.59 Å². The van der Waals surface area contributed by atoms with E-state index >= 15 is 0 Å². The van der Waals surface area contributed by atoms with Gasteiger partial charge in [-0.2, -0.15) is 0 Å². The predicted molar refractivity (Wildman–Crippen MR) is 106 cm³/mol. The molecule has 1 aromatic heterocycles. The van der Waals surface area contributed by atoms with Gasteiger partial charge >= 0.3 is 0 Å². The van der Waals surface area contributed by atoms with Gasteiger partial charge in [0.05, 0.1) is 10.6 Å². The summed E-state index contributed by atoms with van der Waals surface area (Å²) in [6.07, 6.45) is 1.20. The highest BCUT2D eigenvalue weighted by Crippen LogP contribution is 2.36. The van der Waals surface area contributed by atoms with Gasteiger partial charge in [0.1, 0.15) is 0 Å². The van der Waals surface area contributed by atoms with Crippen molar-refractivity contribution in [2.24, 2.45) is 0 Å². The van der Waals surface area contributed by atoms with Gasteiger partial charge in [-0.15, -0.1) is 0 Å². The van der Waals surface area contributed by atoms with E-state index in [1.165, 1.54) is 11.3 Å². The van der Waals surface area contributed by atoms with Crippen LogP contribution < -0.4 is 5.32 Å². The fourth-order valence-corrected chi connectivity index (χ4v) is 4.32. The lowest BCUT2D eigenvalue weighted by molar-refractivity contribution is 0.0967. The number of carbonyl (C=O) groups excluding carboxylic acids is 2. The number of anilines is 1. The molecule has 2 aromatic carbocycles. The van der Waals surface area contributed by atoms with E-state index in [-0.39, 0.29) is 17.6 Å². The third-order valence-electron chi connectivity index (χ3n) is 4.42. The number of nitrogens with one attached hydrogen (secondary N) is 1. The second-order valence-corrected chi connectivity index (χ2v) is 8.11. The summed E-state index contributed by atoms with van der Waals surface area (Å²) >= 11 is 4.62. The van der Waals surface area contributed by atoms with Crippen molar-refractivity contribution in [1.29, 1.82) is 0 Å². The molecule has 0 saturated heterocycles. The van der Waals surface area contributed by atoms with Gasteiger partial charge in [0.2, 0.25) is 0 Å². The average Bonchev–Trinajstić information content (AvgIpc) is 3.06. The highest BCUT2D eigenvalue weighted by Gasteiger charge is 2.30. The topological polar surface area (TPSA) is 59.1 Å². The Morgan fingerprint density at radius 3 is 2.54 bits per heavy atom. The molecule has 0 spiro atoms. The number of halogens is 1. The van der Waals surface area contributed by atoms with Crippen molar-refractivity contribution in [2.75, 3.05) is 5.32 Å². The van der Waals surface area contributed by atoms with Crippen LogP contribution in [0.1, 0.15) is 43.6 Å². The molecule has 3 aromatic rings. The lowest BCUT2D eigenvalue weighted by Crippen LogP contribution is -2.17. The van der Waals surface area contributed by atoms with Gasteiger partial charge < -0.3 is 0 Å². The van der Waals surface area contributed by atoms with Crippen molar-refractivity contribution in [3.8, 4) is 0 Å². The van der Waals surface area contributed by atoms with Crippen LogP contribution in [0.25, 0.3) is 0 Å². The first-order chi connectivity index (χ1) is 12.6. The van der Waals surface area contributed by atoms with Crippen molar-refractivity contribution in [3.63, 3.8) is 0 Å². The molecule has 26 heavy (non-hydrogen) atoms. The van der Waals surface area contributed by atoms with E-state index in [0.29, 0.717) is 22.0 Å². The van der Waals surface area contributed by atoms with Gasteiger partial charge in [0.25, 0.3) is 5.91 Å². The summed E-state index contributed by atoms with van der Waals surface area (Å²) in [4.78, 5) is 30.1. The summed E-state index contributed by atoms with van der Waals surface area (Å²) in [5.74, 6) is 0.0192. The molecule has 6 heteroatoms. The Hall–Kier alpha value is -2.31. The van der Waals surface area contributed by atoms with Crippen molar-refractivity contribution >= 4 is 44.1 Å².